The lowest BCUT2D eigenvalue weighted by atomic mass is 9.63. The van der Waals surface area contributed by atoms with Gasteiger partial charge in [-0.15, -0.1) is 0 Å². The quantitative estimate of drug-likeness (QED) is 0.468. The summed E-state index contributed by atoms with van der Waals surface area (Å²) in [6.45, 7) is 6.27. The molecule has 4 atom stereocenters. The monoisotopic (exact) mass is 380 g/mol. The van der Waals surface area contributed by atoms with Crippen LogP contribution < -0.4 is 4.74 Å². The number of hydrogen-bond acceptors (Lipinski definition) is 1. The molecular formula is C26H33FO. The summed E-state index contributed by atoms with van der Waals surface area (Å²) in [6.07, 6.45) is 12.7. The molecule has 2 aromatic carbocycles. The number of ether oxygens (including phenoxy) is 1. The molecule has 4 unspecified atom stereocenters. The van der Waals surface area contributed by atoms with E-state index in [9.17, 15) is 4.39 Å². The maximum absolute atomic E-state index is 14.7. The second-order valence-corrected chi connectivity index (χ2v) is 8.96. The van der Waals surface area contributed by atoms with Gasteiger partial charge < -0.3 is 4.74 Å². The van der Waals surface area contributed by atoms with E-state index in [-0.39, 0.29) is 5.82 Å². The standard InChI is InChI=1S/C26H33FO/c1-3-5-18-6-7-20-16-21(9-8-19(20)15-18)22-10-12-24-23(17-22)11-13-25(26(24)27)28-14-4-2/h4,10-13,17-21H,2-3,5-9,14-16H2,1H3. The van der Waals surface area contributed by atoms with Gasteiger partial charge in [-0.3, -0.25) is 0 Å². The van der Waals surface area contributed by atoms with Crippen LogP contribution in [-0.4, -0.2) is 6.61 Å². The summed E-state index contributed by atoms with van der Waals surface area (Å²) in [5, 5.41) is 1.63. The minimum Gasteiger partial charge on any atom is -0.486 e. The van der Waals surface area contributed by atoms with Crippen molar-refractivity contribution in [3.8, 4) is 5.75 Å². The molecular weight excluding hydrogens is 347 g/mol. The van der Waals surface area contributed by atoms with E-state index in [1.807, 2.05) is 12.1 Å². The van der Waals surface area contributed by atoms with Crippen LogP contribution in [0.15, 0.2) is 43.0 Å². The third-order valence-electron chi connectivity index (χ3n) is 7.19. The van der Waals surface area contributed by atoms with Gasteiger partial charge in [0.05, 0.1) is 0 Å². The molecule has 2 aromatic rings. The Labute approximate surface area is 169 Å². The Kier molecular flexibility index (Phi) is 6.04. The molecule has 0 saturated heterocycles. The predicted octanol–water partition coefficient (Wildman–Crippen LogP) is 7.64. The smallest absolute Gasteiger partial charge is 0.172 e. The first kappa shape index (κ1) is 19.5. The van der Waals surface area contributed by atoms with Crippen LogP contribution in [-0.2, 0) is 0 Å². The number of fused-ring (bicyclic) bond motifs is 2. The molecule has 0 heterocycles. The highest BCUT2D eigenvalue weighted by atomic mass is 19.1. The fourth-order valence-corrected chi connectivity index (χ4v) is 5.76. The topological polar surface area (TPSA) is 9.23 Å². The Bertz CT molecular complexity index is 827. The molecule has 28 heavy (non-hydrogen) atoms. The van der Waals surface area contributed by atoms with Crippen molar-refractivity contribution in [3.63, 3.8) is 0 Å². The minimum absolute atomic E-state index is 0.260. The molecule has 0 bridgehead atoms. The summed E-state index contributed by atoms with van der Waals surface area (Å²) in [7, 11) is 0. The lowest BCUT2D eigenvalue weighted by molar-refractivity contribution is 0.114. The van der Waals surface area contributed by atoms with E-state index in [1.165, 1.54) is 56.9 Å². The molecule has 0 radical (unpaired) electrons. The SMILES string of the molecule is C=CCOc1ccc2cc(C3CCC4CC(CCC)CCC4C3)ccc2c1F. The van der Waals surface area contributed by atoms with E-state index in [1.54, 1.807) is 12.1 Å². The zero-order valence-corrected chi connectivity index (χ0v) is 17.1. The Balaban J connectivity index is 1.48. The lowest BCUT2D eigenvalue weighted by Gasteiger charge is -2.42. The molecule has 150 valence electrons. The molecule has 0 amide bonds. The average Bonchev–Trinajstić information content (AvgIpc) is 2.73. The molecule has 0 spiro atoms. The highest BCUT2D eigenvalue weighted by Gasteiger charge is 2.35. The van der Waals surface area contributed by atoms with Crippen LogP contribution in [0, 0.1) is 23.6 Å². The maximum atomic E-state index is 14.7. The lowest BCUT2D eigenvalue weighted by Crippen LogP contribution is -2.30. The van der Waals surface area contributed by atoms with Crippen molar-refractivity contribution in [2.24, 2.45) is 17.8 Å². The van der Waals surface area contributed by atoms with Crippen LogP contribution in [0.25, 0.3) is 10.8 Å². The predicted molar refractivity (Wildman–Crippen MR) is 115 cm³/mol. The average molecular weight is 381 g/mol. The van der Waals surface area contributed by atoms with Crippen molar-refractivity contribution < 1.29 is 9.13 Å². The van der Waals surface area contributed by atoms with Gasteiger partial charge in [0.25, 0.3) is 0 Å². The largest absolute Gasteiger partial charge is 0.486 e. The number of halogens is 1. The molecule has 2 heteroatoms. The maximum Gasteiger partial charge on any atom is 0.172 e. The Morgan fingerprint density at radius 3 is 2.71 bits per heavy atom. The molecule has 0 N–H and O–H groups in total. The first-order valence-corrected chi connectivity index (χ1v) is 11.2. The molecule has 2 aliphatic carbocycles. The van der Waals surface area contributed by atoms with Crippen LogP contribution in [0.3, 0.4) is 0 Å². The van der Waals surface area contributed by atoms with Crippen molar-refractivity contribution in [1.82, 2.24) is 0 Å². The fourth-order valence-electron chi connectivity index (χ4n) is 5.76. The summed E-state index contributed by atoms with van der Waals surface area (Å²) in [4.78, 5) is 0. The van der Waals surface area contributed by atoms with Crippen LogP contribution in [0.4, 0.5) is 4.39 Å². The number of benzene rings is 2. The summed E-state index contributed by atoms with van der Waals surface area (Å²) in [5.74, 6) is 3.50. The summed E-state index contributed by atoms with van der Waals surface area (Å²) in [6, 6.07) is 10.0. The van der Waals surface area contributed by atoms with Gasteiger partial charge >= 0.3 is 0 Å². The van der Waals surface area contributed by atoms with Gasteiger partial charge in [0, 0.05) is 5.39 Å². The first-order valence-electron chi connectivity index (χ1n) is 11.2. The van der Waals surface area contributed by atoms with E-state index in [0.717, 1.165) is 23.1 Å². The second-order valence-electron chi connectivity index (χ2n) is 8.96. The van der Waals surface area contributed by atoms with E-state index < -0.39 is 0 Å². The van der Waals surface area contributed by atoms with Crippen molar-refractivity contribution in [3.05, 3.63) is 54.4 Å². The van der Waals surface area contributed by atoms with Crippen LogP contribution in [0.2, 0.25) is 0 Å². The van der Waals surface area contributed by atoms with E-state index in [0.29, 0.717) is 23.7 Å². The highest BCUT2D eigenvalue weighted by molar-refractivity contribution is 5.85. The normalized spacial score (nSPS) is 27.4. The van der Waals surface area contributed by atoms with Crippen molar-refractivity contribution >= 4 is 10.8 Å². The molecule has 2 fully saturated rings. The van der Waals surface area contributed by atoms with Crippen molar-refractivity contribution in [1.29, 1.82) is 0 Å². The number of rotatable bonds is 6. The third kappa shape index (κ3) is 3.97. The van der Waals surface area contributed by atoms with Crippen LogP contribution in [0.1, 0.15) is 69.8 Å². The molecule has 2 aliphatic rings. The zero-order valence-electron chi connectivity index (χ0n) is 17.1. The van der Waals surface area contributed by atoms with Crippen LogP contribution in [0.5, 0.6) is 5.75 Å². The first-order chi connectivity index (χ1) is 13.7. The van der Waals surface area contributed by atoms with E-state index >= 15 is 0 Å². The summed E-state index contributed by atoms with van der Waals surface area (Å²) >= 11 is 0. The minimum atomic E-state index is -0.260. The zero-order chi connectivity index (χ0) is 19.5. The van der Waals surface area contributed by atoms with Gasteiger partial charge in [-0.05, 0) is 72.8 Å². The van der Waals surface area contributed by atoms with Gasteiger partial charge in [-0.25, -0.2) is 4.39 Å². The Morgan fingerprint density at radius 1 is 1.07 bits per heavy atom. The Hall–Kier alpha value is -1.83. The Morgan fingerprint density at radius 2 is 1.89 bits per heavy atom. The van der Waals surface area contributed by atoms with Gasteiger partial charge in [0.2, 0.25) is 0 Å². The molecule has 1 nitrogen and oxygen atoms in total. The third-order valence-corrected chi connectivity index (χ3v) is 7.19. The molecule has 0 aliphatic heterocycles. The van der Waals surface area contributed by atoms with Crippen molar-refractivity contribution in [2.45, 2.75) is 64.2 Å². The van der Waals surface area contributed by atoms with Crippen LogP contribution >= 0.6 is 0 Å². The van der Waals surface area contributed by atoms with Gasteiger partial charge in [0.1, 0.15) is 6.61 Å². The van der Waals surface area contributed by atoms with Gasteiger partial charge in [-0.1, -0.05) is 63.1 Å². The molecule has 2 saturated carbocycles. The molecule has 0 aromatic heterocycles. The van der Waals surface area contributed by atoms with Crippen molar-refractivity contribution in [2.75, 3.05) is 6.61 Å². The highest BCUT2D eigenvalue weighted by Crippen LogP contribution is 2.48. The van der Waals surface area contributed by atoms with E-state index in [2.05, 4.69) is 25.6 Å². The van der Waals surface area contributed by atoms with Gasteiger partial charge in [0.15, 0.2) is 11.6 Å². The summed E-state index contributed by atoms with van der Waals surface area (Å²) < 4.78 is 20.2. The number of hydrogen-bond donors (Lipinski definition) is 0. The summed E-state index contributed by atoms with van der Waals surface area (Å²) in [5.41, 5.74) is 1.39. The van der Waals surface area contributed by atoms with E-state index in [4.69, 9.17) is 4.74 Å². The fraction of sp³-hybridized carbons (Fsp3) is 0.538. The van der Waals surface area contributed by atoms with Gasteiger partial charge in [-0.2, -0.15) is 0 Å². The molecule has 4 rings (SSSR count). The second kappa shape index (κ2) is 8.68.